The molecular weight excluding hydrogens is 392 g/mol. The van der Waals surface area contributed by atoms with E-state index in [9.17, 15) is 4.79 Å². The molecule has 0 heterocycles. The van der Waals surface area contributed by atoms with E-state index in [1.807, 2.05) is 0 Å². The number of unbranched alkanes of at least 4 members (excludes halogenated alkanes) is 4. The Morgan fingerprint density at radius 3 is 2.16 bits per heavy atom. The highest BCUT2D eigenvalue weighted by atomic mass is 16.5. The maximum atomic E-state index is 11.2. The van der Waals surface area contributed by atoms with Crippen molar-refractivity contribution in [2.45, 2.75) is 83.5 Å². The number of benzene rings is 2. The number of esters is 1. The largest absolute Gasteiger partial charge is 0.463 e. The minimum Gasteiger partial charge on any atom is -0.463 e. The third kappa shape index (κ3) is 5.52. The number of fused-ring (bicyclic) bond motifs is 3. The van der Waals surface area contributed by atoms with Crippen LogP contribution in [0, 0.1) is 5.92 Å². The molecule has 1 atom stereocenters. The topological polar surface area (TPSA) is 26.3 Å². The summed E-state index contributed by atoms with van der Waals surface area (Å²) in [6, 6.07) is 18.2. The van der Waals surface area contributed by atoms with Gasteiger partial charge in [0.25, 0.3) is 0 Å². The Labute approximate surface area is 195 Å². The highest BCUT2D eigenvalue weighted by molar-refractivity contribution is 5.81. The predicted molar refractivity (Wildman–Crippen MR) is 135 cm³/mol. The van der Waals surface area contributed by atoms with Crippen molar-refractivity contribution < 1.29 is 9.53 Å². The summed E-state index contributed by atoms with van der Waals surface area (Å²) in [4.78, 5) is 11.2. The minimum atomic E-state index is -0.319. The normalized spacial score (nSPS) is 14.4. The number of hydrogen-bond acceptors (Lipinski definition) is 2. The van der Waals surface area contributed by atoms with E-state index in [0.717, 1.165) is 18.8 Å². The number of rotatable bonds is 14. The van der Waals surface area contributed by atoms with Crippen molar-refractivity contribution in [2.75, 3.05) is 6.61 Å². The van der Waals surface area contributed by atoms with Gasteiger partial charge in [0.15, 0.2) is 0 Å². The van der Waals surface area contributed by atoms with Gasteiger partial charge in [-0.25, -0.2) is 4.79 Å². The van der Waals surface area contributed by atoms with Crippen molar-refractivity contribution in [3.8, 4) is 11.1 Å². The number of carbonyl (C=O) groups excluding carboxylic acids is 1. The first kappa shape index (κ1) is 24.3. The Kier molecular flexibility index (Phi) is 9.14. The summed E-state index contributed by atoms with van der Waals surface area (Å²) >= 11 is 0. The molecule has 2 aromatic carbocycles. The Morgan fingerprint density at radius 1 is 0.938 bits per heavy atom. The lowest BCUT2D eigenvalue weighted by molar-refractivity contribution is -0.137. The van der Waals surface area contributed by atoms with Crippen LogP contribution in [0.15, 0.2) is 61.2 Å². The molecule has 2 heteroatoms. The molecule has 0 saturated carbocycles. The first-order valence-electron chi connectivity index (χ1n) is 12.6. The lowest BCUT2D eigenvalue weighted by Crippen LogP contribution is -2.28. The van der Waals surface area contributed by atoms with Crippen molar-refractivity contribution in [1.82, 2.24) is 0 Å². The molecule has 0 fully saturated rings. The zero-order chi connectivity index (χ0) is 22.8. The van der Waals surface area contributed by atoms with E-state index in [1.54, 1.807) is 0 Å². The summed E-state index contributed by atoms with van der Waals surface area (Å²) in [7, 11) is 0. The zero-order valence-electron chi connectivity index (χ0n) is 20.1. The molecule has 1 aliphatic rings. The summed E-state index contributed by atoms with van der Waals surface area (Å²) < 4.78 is 5.13. The Morgan fingerprint density at radius 2 is 1.56 bits per heavy atom. The van der Waals surface area contributed by atoms with Gasteiger partial charge >= 0.3 is 5.97 Å². The van der Waals surface area contributed by atoms with Crippen LogP contribution in [0.3, 0.4) is 0 Å². The van der Waals surface area contributed by atoms with Crippen molar-refractivity contribution >= 4 is 5.97 Å². The standard InChI is InChI=1S/C30H40O2/c1-4-7-16-24(5-2)23-30(21-14-8-9-15-22-32-29(31)6-3)27-19-12-10-17-25(27)26-18-11-13-20-28(26)30/h6,10-13,17-20,24H,3-5,7-9,14-16,21-23H2,1-2H3. The average molecular weight is 433 g/mol. The van der Waals surface area contributed by atoms with E-state index in [1.165, 1.54) is 79.7 Å². The molecule has 0 radical (unpaired) electrons. The fraction of sp³-hybridized carbons (Fsp3) is 0.500. The van der Waals surface area contributed by atoms with Crippen molar-refractivity contribution in [3.63, 3.8) is 0 Å². The first-order chi connectivity index (χ1) is 15.7. The zero-order valence-corrected chi connectivity index (χ0v) is 20.1. The number of ether oxygens (including phenoxy) is 1. The van der Waals surface area contributed by atoms with Gasteiger partial charge in [0, 0.05) is 11.5 Å². The fourth-order valence-corrected chi connectivity index (χ4v) is 5.56. The second kappa shape index (κ2) is 12.0. The van der Waals surface area contributed by atoms with Crippen LogP contribution in [0.5, 0.6) is 0 Å². The molecule has 2 nitrogen and oxygen atoms in total. The van der Waals surface area contributed by atoms with Gasteiger partial charge in [-0.15, -0.1) is 0 Å². The molecule has 0 aliphatic heterocycles. The third-order valence-electron chi connectivity index (χ3n) is 7.26. The van der Waals surface area contributed by atoms with E-state index in [4.69, 9.17) is 4.74 Å². The smallest absolute Gasteiger partial charge is 0.330 e. The van der Waals surface area contributed by atoms with Crippen LogP contribution in [0.1, 0.15) is 89.2 Å². The fourth-order valence-electron chi connectivity index (χ4n) is 5.56. The van der Waals surface area contributed by atoms with E-state index in [2.05, 4.69) is 69.0 Å². The maximum Gasteiger partial charge on any atom is 0.330 e. The van der Waals surface area contributed by atoms with Gasteiger partial charge in [0.1, 0.15) is 0 Å². The molecule has 0 saturated heterocycles. The molecule has 3 rings (SSSR count). The monoisotopic (exact) mass is 432 g/mol. The summed E-state index contributed by atoms with van der Waals surface area (Å²) in [5.74, 6) is 0.438. The average Bonchev–Trinajstić information content (AvgIpc) is 3.11. The van der Waals surface area contributed by atoms with Gasteiger partial charge in [0.2, 0.25) is 0 Å². The second-order valence-electron chi connectivity index (χ2n) is 9.33. The van der Waals surface area contributed by atoms with Crippen LogP contribution < -0.4 is 0 Å². The van der Waals surface area contributed by atoms with Gasteiger partial charge < -0.3 is 4.74 Å². The van der Waals surface area contributed by atoms with E-state index >= 15 is 0 Å². The van der Waals surface area contributed by atoms with Gasteiger partial charge in [-0.05, 0) is 47.4 Å². The summed E-state index contributed by atoms with van der Waals surface area (Å²) in [6.07, 6.45) is 13.2. The van der Waals surface area contributed by atoms with E-state index < -0.39 is 0 Å². The van der Waals surface area contributed by atoms with Crippen LogP contribution in [0.25, 0.3) is 11.1 Å². The van der Waals surface area contributed by atoms with Crippen LogP contribution in [-0.4, -0.2) is 12.6 Å². The Bertz CT molecular complexity index is 836. The summed E-state index contributed by atoms with van der Waals surface area (Å²) in [5.41, 5.74) is 6.07. The van der Waals surface area contributed by atoms with Crippen LogP contribution in [-0.2, 0) is 14.9 Å². The lowest BCUT2D eigenvalue weighted by Gasteiger charge is -2.36. The van der Waals surface area contributed by atoms with Gasteiger partial charge in [-0.2, -0.15) is 0 Å². The molecule has 2 aromatic rings. The molecule has 0 N–H and O–H groups in total. The number of carbonyl (C=O) groups is 1. The summed E-state index contributed by atoms with van der Waals surface area (Å²) in [6.45, 7) is 8.62. The Hall–Kier alpha value is -2.35. The molecule has 32 heavy (non-hydrogen) atoms. The molecule has 172 valence electrons. The SMILES string of the molecule is C=CC(=O)OCCCCCCC1(CC(CC)CCCC)c2ccccc2-c2ccccc21. The van der Waals surface area contributed by atoms with Crippen molar-refractivity contribution in [1.29, 1.82) is 0 Å². The lowest BCUT2D eigenvalue weighted by atomic mass is 9.67. The van der Waals surface area contributed by atoms with Crippen LogP contribution in [0.4, 0.5) is 0 Å². The van der Waals surface area contributed by atoms with Crippen molar-refractivity contribution in [3.05, 3.63) is 72.3 Å². The van der Waals surface area contributed by atoms with Gasteiger partial charge in [-0.3, -0.25) is 0 Å². The van der Waals surface area contributed by atoms with Gasteiger partial charge in [-0.1, -0.05) is 114 Å². The number of hydrogen-bond donors (Lipinski definition) is 0. The van der Waals surface area contributed by atoms with Crippen LogP contribution >= 0.6 is 0 Å². The molecular formula is C30H40O2. The molecule has 0 spiro atoms. The van der Waals surface area contributed by atoms with Gasteiger partial charge in [0.05, 0.1) is 6.61 Å². The molecule has 1 unspecified atom stereocenters. The molecule has 1 aliphatic carbocycles. The molecule has 0 aromatic heterocycles. The third-order valence-corrected chi connectivity index (χ3v) is 7.26. The summed E-state index contributed by atoms with van der Waals surface area (Å²) in [5, 5.41) is 0. The molecule has 0 bridgehead atoms. The first-order valence-corrected chi connectivity index (χ1v) is 12.6. The maximum absolute atomic E-state index is 11.2. The second-order valence-corrected chi connectivity index (χ2v) is 9.33. The molecule has 0 amide bonds. The van der Waals surface area contributed by atoms with E-state index in [0.29, 0.717) is 6.61 Å². The Balaban J connectivity index is 1.77. The minimum absolute atomic E-state index is 0.122. The van der Waals surface area contributed by atoms with E-state index in [-0.39, 0.29) is 11.4 Å². The highest BCUT2D eigenvalue weighted by Gasteiger charge is 2.43. The van der Waals surface area contributed by atoms with Crippen molar-refractivity contribution in [2.24, 2.45) is 5.92 Å². The quantitative estimate of drug-likeness (QED) is 0.171. The predicted octanol–water partition coefficient (Wildman–Crippen LogP) is 8.24. The van der Waals surface area contributed by atoms with Crippen LogP contribution in [0.2, 0.25) is 0 Å². The highest BCUT2D eigenvalue weighted by Crippen LogP contribution is 2.55.